The van der Waals surface area contributed by atoms with Crippen molar-refractivity contribution in [3.8, 4) is 5.75 Å². The molecule has 0 spiro atoms. The first kappa shape index (κ1) is 21.3. The number of hydrogen-bond donors (Lipinski definition) is 2. The Hall–Kier alpha value is -3.42. The maximum atomic E-state index is 12.1. The van der Waals surface area contributed by atoms with Crippen molar-refractivity contribution in [2.24, 2.45) is 0 Å². The molecule has 1 aromatic heterocycles. The maximum Gasteiger partial charge on any atom is 0.251 e. The zero-order valence-corrected chi connectivity index (χ0v) is 17.6. The summed E-state index contributed by atoms with van der Waals surface area (Å²) < 4.78 is 7.68. The summed E-state index contributed by atoms with van der Waals surface area (Å²) in [6, 6.07) is 11.2. The van der Waals surface area contributed by atoms with Gasteiger partial charge in [-0.05, 0) is 61.4 Å². The number of hydrogen-bond acceptors (Lipinski definition) is 5. The first-order chi connectivity index (χ1) is 14.4. The van der Waals surface area contributed by atoms with Crippen LogP contribution in [0.3, 0.4) is 0 Å². The van der Waals surface area contributed by atoms with Crippen LogP contribution >= 0.6 is 0 Å². The van der Waals surface area contributed by atoms with E-state index in [2.05, 4.69) is 46.9 Å². The van der Waals surface area contributed by atoms with E-state index in [1.54, 1.807) is 24.3 Å². The highest BCUT2D eigenvalue weighted by molar-refractivity contribution is 5.94. The van der Waals surface area contributed by atoms with Crippen molar-refractivity contribution in [1.82, 2.24) is 25.6 Å². The van der Waals surface area contributed by atoms with Crippen LogP contribution in [0.5, 0.6) is 5.75 Å². The SMILES string of the molecule is CC(=O)NCCNC(=O)c1ccc(OCCCn2nnc3cc(C)c(C)cc32)cc1. The van der Waals surface area contributed by atoms with Gasteiger partial charge in [-0.1, -0.05) is 5.21 Å². The van der Waals surface area contributed by atoms with Gasteiger partial charge in [-0.3, -0.25) is 9.59 Å². The lowest BCUT2D eigenvalue weighted by atomic mass is 10.1. The van der Waals surface area contributed by atoms with Gasteiger partial charge in [0.05, 0.1) is 12.1 Å². The highest BCUT2D eigenvalue weighted by atomic mass is 16.5. The molecule has 1 heterocycles. The number of amides is 2. The van der Waals surface area contributed by atoms with Crippen LogP contribution in [0.4, 0.5) is 0 Å². The largest absolute Gasteiger partial charge is 0.494 e. The van der Waals surface area contributed by atoms with Gasteiger partial charge in [0.15, 0.2) is 0 Å². The van der Waals surface area contributed by atoms with Crippen LogP contribution in [0.2, 0.25) is 0 Å². The zero-order chi connectivity index (χ0) is 21.5. The van der Waals surface area contributed by atoms with Gasteiger partial charge in [0.2, 0.25) is 5.91 Å². The number of carbonyl (C=O) groups excluding carboxylic acids is 2. The van der Waals surface area contributed by atoms with Gasteiger partial charge in [0.1, 0.15) is 11.3 Å². The van der Waals surface area contributed by atoms with Gasteiger partial charge in [-0.2, -0.15) is 0 Å². The van der Waals surface area contributed by atoms with E-state index in [4.69, 9.17) is 4.74 Å². The van der Waals surface area contributed by atoms with E-state index in [1.807, 2.05) is 4.68 Å². The Kier molecular flexibility index (Phi) is 7.00. The summed E-state index contributed by atoms with van der Waals surface area (Å²) in [7, 11) is 0. The third kappa shape index (κ3) is 5.56. The summed E-state index contributed by atoms with van der Waals surface area (Å²) in [4.78, 5) is 22.9. The number of ether oxygens (including phenoxy) is 1. The van der Waals surface area contributed by atoms with Gasteiger partial charge < -0.3 is 15.4 Å². The first-order valence-electron chi connectivity index (χ1n) is 10.00. The molecule has 2 amide bonds. The molecule has 3 aromatic rings. The molecule has 0 bridgehead atoms. The second-order valence-electron chi connectivity index (χ2n) is 7.20. The Morgan fingerprint density at radius 2 is 1.73 bits per heavy atom. The van der Waals surface area contributed by atoms with Crippen molar-refractivity contribution in [2.45, 2.75) is 33.7 Å². The molecule has 0 saturated carbocycles. The number of benzene rings is 2. The summed E-state index contributed by atoms with van der Waals surface area (Å²) in [5.74, 6) is 0.406. The lowest BCUT2D eigenvalue weighted by Crippen LogP contribution is -2.33. The van der Waals surface area contributed by atoms with Gasteiger partial charge >= 0.3 is 0 Å². The maximum absolute atomic E-state index is 12.1. The standard InChI is InChI=1S/C22H27N5O3/c1-15-13-20-21(14-16(15)2)27(26-25-20)11-4-12-30-19-7-5-18(6-8-19)22(29)24-10-9-23-17(3)28/h5-8,13-14H,4,9-12H2,1-3H3,(H,23,28)(H,24,29). The van der Waals surface area contributed by atoms with Crippen LogP contribution < -0.4 is 15.4 Å². The van der Waals surface area contributed by atoms with E-state index in [-0.39, 0.29) is 11.8 Å². The first-order valence-corrected chi connectivity index (χ1v) is 10.00. The van der Waals surface area contributed by atoms with Crippen LogP contribution in [0.1, 0.15) is 34.8 Å². The van der Waals surface area contributed by atoms with Crippen molar-refractivity contribution < 1.29 is 14.3 Å². The van der Waals surface area contributed by atoms with Crippen molar-refractivity contribution >= 4 is 22.8 Å². The summed E-state index contributed by atoms with van der Waals surface area (Å²) in [6.45, 7) is 7.64. The molecule has 2 aromatic carbocycles. The normalized spacial score (nSPS) is 10.8. The minimum atomic E-state index is -0.185. The van der Waals surface area contributed by atoms with E-state index < -0.39 is 0 Å². The number of rotatable bonds is 9. The highest BCUT2D eigenvalue weighted by Crippen LogP contribution is 2.17. The smallest absolute Gasteiger partial charge is 0.251 e. The van der Waals surface area contributed by atoms with Crippen LogP contribution in [0.15, 0.2) is 36.4 Å². The van der Waals surface area contributed by atoms with E-state index in [0.717, 1.165) is 17.5 Å². The second-order valence-corrected chi connectivity index (χ2v) is 7.20. The molecule has 8 heteroatoms. The van der Waals surface area contributed by atoms with Crippen molar-refractivity contribution in [2.75, 3.05) is 19.7 Å². The van der Waals surface area contributed by atoms with E-state index >= 15 is 0 Å². The average Bonchev–Trinajstić information content (AvgIpc) is 3.10. The third-order valence-electron chi connectivity index (χ3n) is 4.81. The molecule has 0 aliphatic carbocycles. The summed E-state index contributed by atoms with van der Waals surface area (Å²) in [6.07, 6.45) is 0.788. The fourth-order valence-electron chi connectivity index (χ4n) is 3.01. The topological polar surface area (TPSA) is 98.1 Å². The number of aromatic nitrogens is 3. The van der Waals surface area contributed by atoms with Crippen LogP contribution in [0, 0.1) is 13.8 Å². The molecular weight excluding hydrogens is 382 g/mol. The third-order valence-corrected chi connectivity index (χ3v) is 4.81. The molecule has 0 unspecified atom stereocenters. The van der Waals surface area contributed by atoms with Crippen LogP contribution in [0.25, 0.3) is 11.0 Å². The predicted molar refractivity (Wildman–Crippen MR) is 115 cm³/mol. The molecular formula is C22H27N5O3. The Morgan fingerprint density at radius 1 is 1.03 bits per heavy atom. The molecule has 0 aliphatic heterocycles. The van der Waals surface area contributed by atoms with E-state index in [9.17, 15) is 9.59 Å². The molecule has 3 rings (SSSR count). The molecule has 8 nitrogen and oxygen atoms in total. The Morgan fingerprint density at radius 3 is 2.47 bits per heavy atom. The molecule has 2 N–H and O–H groups in total. The van der Waals surface area contributed by atoms with E-state index in [1.165, 1.54) is 18.1 Å². The van der Waals surface area contributed by atoms with Gasteiger partial charge in [0, 0.05) is 38.5 Å². The fourth-order valence-corrected chi connectivity index (χ4v) is 3.01. The van der Waals surface area contributed by atoms with Crippen LogP contribution in [-0.2, 0) is 11.3 Å². The minimum absolute atomic E-state index is 0.118. The van der Waals surface area contributed by atoms with Crippen molar-refractivity contribution in [1.29, 1.82) is 0 Å². The van der Waals surface area contributed by atoms with Gasteiger partial charge in [0.25, 0.3) is 5.91 Å². The molecule has 30 heavy (non-hydrogen) atoms. The van der Waals surface area contributed by atoms with E-state index in [0.29, 0.717) is 37.6 Å². The number of nitrogens with one attached hydrogen (secondary N) is 2. The summed E-state index contributed by atoms with van der Waals surface area (Å²) in [5, 5.41) is 13.9. The Labute approximate surface area is 175 Å². The number of fused-ring (bicyclic) bond motifs is 1. The molecule has 158 valence electrons. The lowest BCUT2D eigenvalue weighted by Gasteiger charge is -2.09. The Bertz CT molecular complexity index is 1030. The molecule has 0 aliphatic rings. The average molecular weight is 409 g/mol. The van der Waals surface area contributed by atoms with Gasteiger partial charge in [-0.25, -0.2) is 4.68 Å². The monoisotopic (exact) mass is 409 g/mol. The number of nitrogens with zero attached hydrogens (tertiary/aromatic N) is 3. The van der Waals surface area contributed by atoms with Crippen molar-refractivity contribution in [3.63, 3.8) is 0 Å². The summed E-state index contributed by atoms with van der Waals surface area (Å²) >= 11 is 0. The number of aryl methyl sites for hydroxylation is 3. The second kappa shape index (κ2) is 9.87. The van der Waals surface area contributed by atoms with Crippen LogP contribution in [-0.4, -0.2) is 46.5 Å². The highest BCUT2D eigenvalue weighted by Gasteiger charge is 2.07. The molecule has 0 radical (unpaired) electrons. The summed E-state index contributed by atoms with van der Waals surface area (Å²) in [5.41, 5.74) is 4.92. The fraction of sp³-hybridized carbons (Fsp3) is 0.364. The number of carbonyl (C=O) groups is 2. The quantitative estimate of drug-likeness (QED) is 0.529. The Balaban J connectivity index is 1.44. The predicted octanol–water partition coefficient (Wildman–Crippen LogP) is 2.38. The zero-order valence-electron chi connectivity index (χ0n) is 17.6. The molecule has 0 fully saturated rings. The lowest BCUT2D eigenvalue weighted by molar-refractivity contribution is -0.118. The minimum Gasteiger partial charge on any atom is -0.494 e. The van der Waals surface area contributed by atoms with Crippen molar-refractivity contribution in [3.05, 3.63) is 53.1 Å². The molecule has 0 saturated heterocycles. The van der Waals surface area contributed by atoms with Gasteiger partial charge in [-0.15, -0.1) is 5.10 Å². The molecule has 0 atom stereocenters.